The van der Waals surface area contributed by atoms with Crippen LogP contribution < -0.4 is 5.32 Å². The summed E-state index contributed by atoms with van der Waals surface area (Å²) < 4.78 is 1.70. The minimum Gasteiger partial charge on any atom is -0.333 e. The molecule has 1 aromatic heterocycles. The van der Waals surface area contributed by atoms with Crippen LogP contribution in [0.15, 0.2) is 24.3 Å². The van der Waals surface area contributed by atoms with Crippen molar-refractivity contribution in [2.45, 2.75) is 19.8 Å². The number of nitrogens with zero attached hydrogens (tertiary/aromatic N) is 4. The Morgan fingerprint density at radius 1 is 1.30 bits per heavy atom. The van der Waals surface area contributed by atoms with Crippen LogP contribution in [0.3, 0.4) is 0 Å². The zero-order chi connectivity index (χ0) is 16.2. The fourth-order valence-corrected chi connectivity index (χ4v) is 2.86. The fourth-order valence-electron chi connectivity index (χ4n) is 2.65. The molecular weight excluding hydrogens is 314 g/mol. The molecule has 1 saturated heterocycles. The predicted molar refractivity (Wildman–Crippen MR) is 89.1 cm³/mol. The number of benzene rings is 1. The van der Waals surface area contributed by atoms with Gasteiger partial charge in [-0.3, -0.25) is 4.79 Å². The van der Waals surface area contributed by atoms with Gasteiger partial charge >= 0.3 is 0 Å². The summed E-state index contributed by atoms with van der Waals surface area (Å²) in [6.45, 7) is 5.05. The first-order chi connectivity index (χ1) is 11.2. The number of halogens is 1. The fraction of sp³-hybridized carbons (Fsp3) is 0.438. The molecule has 2 aromatic rings. The van der Waals surface area contributed by atoms with E-state index in [-0.39, 0.29) is 11.7 Å². The number of aromatic nitrogens is 3. The number of carbonyl (C=O) groups is 1. The number of carbonyl (C=O) groups excluding carboxylic acids is 1. The lowest BCUT2D eigenvalue weighted by molar-refractivity contribution is 0.0723. The summed E-state index contributed by atoms with van der Waals surface area (Å²) in [5.74, 6) is 0.893. The van der Waals surface area contributed by atoms with Gasteiger partial charge in [-0.2, -0.15) is 0 Å². The number of piperazine rings is 1. The zero-order valence-corrected chi connectivity index (χ0v) is 13.9. The molecule has 0 unspecified atom stereocenters. The monoisotopic (exact) mass is 333 g/mol. The first kappa shape index (κ1) is 16.0. The summed E-state index contributed by atoms with van der Waals surface area (Å²) >= 11 is 6.28. The van der Waals surface area contributed by atoms with Crippen LogP contribution in [-0.2, 0) is 6.42 Å². The summed E-state index contributed by atoms with van der Waals surface area (Å²) in [6, 6.07) is 7.47. The highest BCUT2D eigenvalue weighted by molar-refractivity contribution is 6.32. The molecule has 1 aromatic carbocycles. The van der Waals surface area contributed by atoms with Crippen molar-refractivity contribution < 1.29 is 4.79 Å². The van der Waals surface area contributed by atoms with Crippen LogP contribution in [0.2, 0.25) is 5.02 Å². The molecule has 0 radical (unpaired) electrons. The van der Waals surface area contributed by atoms with E-state index < -0.39 is 0 Å². The third-order valence-electron chi connectivity index (χ3n) is 3.82. The number of rotatable bonds is 4. The Balaban J connectivity index is 1.95. The van der Waals surface area contributed by atoms with Crippen LogP contribution in [-0.4, -0.2) is 51.8 Å². The normalized spacial score (nSPS) is 15.0. The number of hydrogen-bond donors (Lipinski definition) is 1. The third kappa shape index (κ3) is 3.38. The van der Waals surface area contributed by atoms with E-state index >= 15 is 0 Å². The van der Waals surface area contributed by atoms with E-state index in [0.29, 0.717) is 18.1 Å². The average molecular weight is 334 g/mol. The van der Waals surface area contributed by atoms with Gasteiger partial charge in [0.15, 0.2) is 0 Å². The van der Waals surface area contributed by atoms with Crippen LogP contribution in [0.4, 0.5) is 0 Å². The predicted octanol–water partition coefficient (Wildman–Crippen LogP) is 1.92. The van der Waals surface area contributed by atoms with Gasteiger partial charge in [0.05, 0.1) is 10.7 Å². The molecule has 0 spiro atoms. The zero-order valence-electron chi connectivity index (χ0n) is 13.1. The largest absolute Gasteiger partial charge is 0.333 e. The van der Waals surface area contributed by atoms with Crippen LogP contribution >= 0.6 is 11.6 Å². The van der Waals surface area contributed by atoms with Gasteiger partial charge in [0.25, 0.3) is 5.91 Å². The van der Waals surface area contributed by atoms with E-state index in [2.05, 4.69) is 22.3 Å². The maximum Gasteiger partial charge on any atom is 0.293 e. The lowest BCUT2D eigenvalue weighted by Crippen LogP contribution is -2.46. The number of amides is 1. The second-order valence-corrected chi connectivity index (χ2v) is 5.91. The standard InChI is InChI=1S/C16H20ClN5O/c1-2-5-14-19-15(16(23)21-10-8-18-9-11-21)20-22(14)13-7-4-3-6-12(13)17/h3-4,6-7,18H,2,5,8-11H2,1H3. The molecule has 122 valence electrons. The Morgan fingerprint density at radius 3 is 2.74 bits per heavy atom. The van der Waals surface area contributed by atoms with Crippen LogP contribution in [0.5, 0.6) is 0 Å². The van der Waals surface area contributed by atoms with Crippen molar-refractivity contribution in [1.82, 2.24) is 25.0 Å². The Labute approximate surface area is 140 Å². The maximum absolute atomic E-state index is 12.6. The summed E-state index contributed by atoms with van der Waals surface area (Å²) in [5.41, 5.74) is 0.754. The number of hydrogen-bond acceptors (Lipinski definition) is 4. The minimum atomic E-state index is -0.116. The quantitative estimate of drug-likeness (QED) is 0.928. The lowest BCUT2D eigenvalue weighted by Gasteiger charge is -2.26. The van der Waals surface area contributed by atoms with E-state index in [1.807, 2.05) is 24.3 Å². The maximum atomic E-state index is 12.6. The molecule has 1 aliphatic rings. The molecule has 0 atom stereocenters. The number of nitrogens with one attached hydrogen (secondary N) is 1. The SMILES string of the molecule is CCCc1nc(C(=O)N2CCNCC2)nn1-c1ccccc1Cl. The Morgan fingerprint density at radius 2 is 2.04 bits per heavy atom. The van der Waals surface area contributed by atoms with E-state index in [1.54, 1.807) is 9.58 Å². The second-order valence-electron chi connectivity index (χ2n) is 5.51. The highest BCUT2D eigenvalue weighted by atomic mass is 35.5. The molecule has 2 heterocycles. The summed E-state index contributed by atoms with van der Waals surface area (Å²) in [5, 5.41) is 8.27. The molecule has 0 bridgehead atoms. The highest BCUT2D eigenvalue weighted by Gasteiger charge is 2.24. The molecule has 6 nitrogen and oxygen atoms in total. The van der Waals surface area contributed by atoms with E-state index in [0.717, 1.165) is 37.4 Å². The molecule has 1 fully saturated rings. The van der Waals surface area contributed by atoms with Crippen molar-refractivity contribution in [1.29, 1.82) is 0 Å². The first-order valence-corrected chi connectivity index (χ1v) is 8.29. The first-order valence-electron chi connectivity index (χ1n) is 7.91. The van der Waals surface area contributed by atoms with Crippen molar-refractivity contribution in [3.8, 4) is 5.69 Å². The Kier molecular flexibility index (Phi) is 4.93. The summed E-state index contributed by atoms with van der Waals surface area (Å²) in [6.07, 6.45) is 1.66. The van der Waals surface area contributed by atoms with Gasteiger partial charge in [0, 0.05) is 32.6 Å². The molecule has 3 rings (SSSR count). The van der Waals surface area contributed by atoms with Gasteiger partial charge in [0.1, 0.15) is 5.82 Å². The third-order valence-corrected chi connectivity index (χ3v) is 4.14. The smallest absolute Gasteiger partial charge is 0.293 e. The highest BCUT2D eigenvalue weighted by Crippen LogP contribution is 2.21. The average Bonchev–Trinajstić information content (AvgIpc) is 2.99. The molecule has 0 aliphatic carbocycles. The van der Waals surface area contributed by atoms with Crippen LogP contribution in [0.1, 0.15) is 29.8 Å². The Bertz CT molecular complexity index is 694. The molecule has 0 saturated carbocycles. The van der Waals surface area contributed by atoms with Crippen LogP contribution in [0.25, 0.3) is 5.69 Å². The molecule has 1 aliphatic heterocycles. The second kappa shape index (κ2) is 7.10. The summed E-state index contributed by atoms with van der Waals surface area (Å²) in [7, 11) is 0. The number of para-hydroxylation sites is 1. The lowest BCUT2D eigenvalue weighted by atomic mass is 10.3. The molecule has 1 N–H and O–H groups in total. The molecule has 23 heavy (non-hydrogen) atoms. The van der Waals surface area contributed by atoms with E-state index in [9.17, 15) is 4.79 Å². The molecular formula is C16H20ClN5O. The Hall–Kier alpha value is -1.92. The van der Waals surface area contributed by atoms with Gasteiger partial charge in [-0.05, 0) is 18.6 Å². The van der Waals surface area contributed by atoms with Gasteiger partial charge < -0.3 is 10.2 Å². The molecule has 1 amide bonds. The summed E-state index contributed by atoms with van der Waals surface area (Å²) in [4.78, 5) is 18.9. The molecule has 7 heteroatoms. The van der Waals surface area contributed by atoms with Gasteiger partial charge in [0.2, 0.25) is 5.82 Å². The van der Waals surface area contributed by atoms with Gasteiger partial charge in [-0.1, -0.05) is 30.7 Å². The van der Waals surface area contributed by atoms with Crippen molar-refractivity contribution >= 4 is 17.5 Å². The van der Waals surface area contributed by atoms with Crippen molar-refractivity contribution in [3.63, 3.8) is 0 Å². The van der Waals surface area contributed by atoms with Crippen molar-refractivity contribution in [2.24, 2.45) is 0 Å². The van der Waals surface area contributed by atoms with Gasteiger partial charge in [-0.25, -0.2) is 9.67 Å². The van der Waals surface area contributed by atoms with Crippen molar-refractivity contribution in [3.05, 3.63) is 40.9 Å². The van der Waals surface area contributed by atoms with Crippen LogP contribution in [0, 0.1) is 0 Å². The minimum absolute atomic E-state index is 0.116. The van der Waals surface area contributed by atoms with E-state index in [1.165, 1.54) is 0 Å². The van der Waals surface area contributed by atoms with Crippen molar-refractivity contribution in [2.75, 3.05) is 26.2 Å². The van der Waals surface area contributed by atoms with E-state index in [4.69, 9.17) is 11.6 Å². The number of aryl methyl sites for hydroxylation is 1. The van der Waals surface area contributed by atoms with Gasteiger partial charge in [-0.15, -0.1) is 5.10 Å². The topological polar surface area (TPSA) is 63.1 Å².